The molecule has 1 N–H and O–H groups in total. The minimum Gasteiger partial charge on any atom is -0.449 e. The zero-order valence-electron chi connectivity index (χ0n) is 16.4. The summed E-state index contributed by atoms with van der Waals surface area (Å²) < 4.78 is 30.2. The van der Waals surface area contributed by atoms with Crippen molar-refractivity contribution >= 4 is 27.6 Å². The number of nitrogens with zero attached hydrogens (tertiary/aromatic N) is 1. The predicted octanol–water partition coefficient (Wildman–Crippen LogP) is 1.91. The average Bonchev–Trinajstić information content (AvgIpc) is 3.12. The second-order valence-corrected chi connectivity index (χ2v) is 8.91. The molecule has 2 aromatic rings. The topological polar surface area (TPSA) is 92.8 Å². The standard InChI is InChI=1S/C21H24N2O5S/c1-15(20(24)22-12-10-16-6-4-3-5-7-16)28-21(25)18-8-9-19-17(14-18)11-13-23(19)29(2,26)27/h3-9,14-15H,10-13H2,1-2H3,(H,22,24)/t15-/m1/s1. The van der Waals surface area contributed by atoms with Crippen molar-refractivity contribution in [2.24, 2.45) is 0 Å². The van der Waals surface area contributed by atoms with Crippen molar-refractivity contribution in [1.29, 1.82) is 0 Å². The average molecular weight is 416 g/mol. The molecule has 2 aromatic carbocycles. The molecule has 0 aromatic heterocycles. The fourth-order valence-electron chi connectivity index (χ4n) is 3.24. The molecule has 8 heteroatoms. The molecule has 1 heterocycles. The summed E-state index contributed by atoms with van der Waals surface area (Å²) in [6.07, 6.45) is 1.44. The molecule has 0 saturated heterocycles. The molecular formula is C21H24N2O5S. The van der Waals surface area contributed by atoms with Crippen LogP contribution in [0.5, 0.6) is 0 Å². The van der Waals surface area contributed by atoms with Crippen molar-refractivity contribution in [2.75, 3.05) is 23.7 Å². The van der Waals surface area contributed by atoms with Crippen LogP contribution in [0.25, 0.3) is 0 Å². The molecule has 7 nitrogen and oxygen atoms in total. The summed E-state index contributed by atoms with van der Waals surface area (Å²) in [4.78, 5) is 24.6. The number of fused-ring (bicyclic) bond motifs is 1. The Bertz CT molecular complexity index is 1000. The largest absolute Gasteiger partial charge is 0.449 e. The van der Waals surface area contributed by atoms with Gasteiger partial charge in [0.1, 0.15) is 0 Å². The van der Waals surface area contributed by atoms with E-state index in [0.717, 1.165) is 17.4 Å². The highest BCUT2D eigenvalue weighted by molar-refractivity contribution is 7.92. The van der Waals surface area contributed by atoms with E-state index in [0.29, 0.717) is 37.2 Å². The first-order valence-corrected chi connectivity index (χ1v) is 11.2. The van der Waals surface area contributed by atoms with Crippen molar-refractivity contribution in [3.63, 3.8) is 0 Å². The SMILES string of the molecule is C[C@@H](OC(=O)c1ccc2c(c1)CCN2S(C)(=O)=O)C(=O)NCCc1ccccc1. The van der Waals surface area contributed by atoms with Crippen molar-refractivity contribution in [1.82, 2.24) is 5.32 Å². The first-order chi connectivity index (χ1) is 13.8. The van der Waals surface area contributed by atoms with Gasteiger partial charge in [-0.1, -0.05) is 30.3 Å². The number of esters is 1. The second-order valence-electron chi connectivity index (χ2n) is 7.00. The predicted molar refractivity (Wildman–Crippen MR) is 110 cm³/mol. The molecule has 0 fully saturated rings. The molecule has 1 atom stereocenters. The maximum Gasteiger partial charge on any atom is 0.338 e. The summed E-state index contributed by atoms with van der Waals surface area (Å²) in [5.74, 6) is -0.977. The van der Waals surface area contributed by atoms with Crippen LogP contribution < -0.4 is 9.62 Å². The minimum absolute atomic E-state index is 0.294. The van der Waals surface area contributed by atoms with Crippen LogP contribution in [0.4, 0.5) is 5.69 Å². The van der Waals surface area contributed by atoms with Gasteiger partial charge in [0, 0.05) is 13.1 Å². The van der Waals surface area contributed by atoms with Gasteiger partial charge in [0.05, 0.1) is 17.5 Å². The van der Waals surface area contributed by atoms with Gasteiger partial charge in [-0.05, 0) is 49.1 Å². The Morgan fingerprint density at radius 2 is 1.90 bits per heavy atom. The van der Waals surface area contributed by atoms with Gasteiger partial charge in [-0.15, -0.1) is 0 Å². The zero-order valence-corrected chi connectivity index (χ0v) is 17.2. The normalized spacial score (nSPS) is 14.2. The molecule has 154 valence electrons. The Kier molecular flexibility index (Phi) is 6.22. The number of benzene rings is 2. The second kappa shape index (κ2) is 8.65. The summed E-state index contributed by atoms with van der Waals surface area (Å²) in [5.41, 5.74) is 2.75. The number of rotatable bonds is 7. The van der Waals surface area contributed by atoms with E-state index in [1.54, 1.807) is 12.1 Å². The van der Waals surface area contributed by atoms with Gasteiger partial charge in [0.2, 0.25) is 10.0 Å². The first kappa shape index (κ1) is 20.9. The minimum atomic E-state index is -3.34. The maximum absolute atomic E-state index is 12.4. The van der Waals surface area contributed by atoms with Gasteiger partial charge in [-0.25, -0.2) is 13.2 Å². The molecule has 0 aliphatic carbocycles. The molecule has 0 bridgehead atoms. The third-order valence-corrected chi connectivity index (χ3v) is 5.96. The van der Waals surface area contributed by atoms with E-state index >= 15 is 0 Å². The van der Waals surface area contributed by atoms with Crippen LogP contribution >= 0.6 is 0 Å². The molecule has 3 rings (SSSR count). The van der Waals surface area contributed by atoms with Gasteiger partial charge in [-0.3, -0.25) is 9.10 Å². The fraction of sp³-hybridized carbons (Fsp3) is 0.333. The number of anilines is 1. The smallest absolute Gasteiger partial charge is 0.338 e. The quantitative estimate of drug-likeness (QED) is 0.696. The number of hydrogen-bond donors (Lipinski definition) is 1. The third kappa shape index (κ3) is 5.14. The van der Waals surface area contributed by atoms with Crippen molar-refractivity contribution in [2.45, 2.75) is 25.9 Å². The number of carbonyl (C=O) groups is 2. The lowest BCUT2D eigenvalue weighted by molar-refractivity contribution is -0.129. The highest BCUT2D eigenvalue weighted by Gasteiger charge is 2.27. The Morgan fingerprint density at radius 1 is 1.17 bits per heavy atom. The van der Waals surface area contributed by atoms with Gasteiger partial charge >= 0.3 is 5.97 Å². The first-order valence-electron chi connectivity index (χ1n) is 9.39. The summed E-state index contributed by atoms with van der Waals surface area (Å²) in [5, 5.41) is 2.76. The number of ether oxygens (including phenoxy) is 1. The third-order valence-electron chi connectivity index (χ3n) is 4.78. The number of carbonyl (C=O) groups excluding carboxylic acids is 2. The molecule has 0 unspecified atom stereocenters. The van der Waals surface area contributed by atoms with Gasteiger partial charge in [-0.2, -0.15) is 0 Å². The Hall–Kier alpha value is -2.87. The van der Waals surface area contributed by atoms with Gasteiger partial charge in [0.15, 0.2) is 6.10 Å². The fourth-order valence-corrected chi connectivity index (χ4v) is 4.20. The number of sulfonamides is 1. The monoisotopic (exact) mass is 416 g/mol. The van der Waals surface area contributed by atoms with Gasteiger partial charge < -0.3 is 10.1 Å². The lowest BCUT2D eigenvalue weighted by Crippen LogP contribution is -2.36. The van der Waals surface area contributed by atoms with E-state index < -0.39 is 22.1 Å². The van der Waals surface area contributed by atoms with Crippen LogP contribution in [0.2, 0.25) is 0 Å². The molecular weight excluding hydrogens is 392 g/mol. The highest BCUT2D eigenvalue weighted by Crippen LogP contribution is 2.30. The molecule has 1 amide bonds. The van der Waals surface area contributed by atoms with Crippen LogP contribution in [-0.4, -0.2) is 45.7 Å². The van der Waals surface area contributed by atoms with E-state index in [-0.39, 0.29) is 5.91 Å². The molecule has 0 spiro atoms. The van der Waals surface area contributed by atoms with Crippen molar-refractivity contribution in [3.8, 4) is 0 Å². The molecule has 1 aliphatic heterocycles. The maximum atomic E-state index is 12.4. The van der Waals surface area contributed by atoms with E-state index in [9.17, 15) is 18.0 Å². The summed E-state index contributed by atoms with van der Waals surface area (Å²) in [7, 11) is -3.34. The summed E-state index contributed by atoms with van der Waals surface area (Å²) in [6, 6.07) is 14.5. The lowest BCUT2D eigenvalue weighted by atomic mass is 10.1. The van der Waals surface area contributed by atoms with Crippen LogP contribution in [0.1, 0.15) is 28.4 Å². The highest BCUT2D eigenvalue weighted by atomic mass is 32.2. The van der Waals surface area contributed by atoms with Crippen LogP contribution in [0.15, 0.2) is 48.5 Å². The lowest BCUT2D eigenvalue weighted by Gasteiger charge is -2.17. The Labute approximate surface area is 170 Å². The summed E-state index contributed by atoms with van der Waals surface area (Å²) >= 11 is 0. The van der Waals surface area contributed by atoms with Crippen LogP contribution in [0.3, 0.4) is 0 Å². The van der Waals surface area contributed by atoms with E-state index in [1.807, 2.05) is 30.3 Å². The Balaban J connectivity index is 1.55. The van der Waals surface area contributed by atoms with Gasteiger partial charge in [0.25, 0.3) is 5.91 Å². The van der Waals surface area contributed by atoms with Crippen molar-refractivity contribution in [3.05, 3.63) is 65.2 Å². The van der Waals surface area contributed by atoms with E-state index in [2.05, 4.69) is 5.32 Å². The van der Waals surface area contributed by atoms with Crippen LogP contribution in [0, 0.1) is 0 Å². The zero-order chi connectivity index (χ0) is 21.0. The molecule has 29 heavy (non-hydrogen) atoms. The van der Waals surface area contributed by atoms with E-state index in [1.165, 1.54) is 17.3 Å². The molecule has 1 aliphatic rings. The molecule has 0 saturated carbocycles. The number of amides is 1. The van der Waals surface area contributed by atoms with Crippen LogP contribution in [-0.2, 0) is 32.4 Å². The number of hydrogen-bond acceptors (Lipinski definition) is 5. The van der Waals surface area contributed by atoms with E-state index in [4.69, 9.17) is 4.74 Å². The summed E-state index contributed by atoms with van der Waals surface area (Å²) in [6.45, 7) is 2.33. The molecule has 0 radical (unpaired) electrons. The van der Waals surface area contributed by atoms with Crippen molar-refractivity contribution < 1.29 is 22.7 Å². The number of nitrogens with one attached hydrogen (secondary N) is 1. The Morgan fingerprint density at radius 3 is 2.59 bits per heavy atom.